The van der Waals surface area contributed by atoms with Gasteiger partial charge < -0.3 is 25.0 Å². The number of carboxylic acids is 1. The van der Waals surface area contributed by atoms with Crippen LogP contribution in [0.15, 0.2) is 18.2 Å². The second kappa shape index (κ2) is 9.89. The summed E-state index contributed by atoms with van der Waals surface area (Å²) in [7, 11) is 2.18. The highest BCUT2D eigenvalue weighted by Crippen LogP contribution is 2.41. The molecule has 1 aromatic heterocycles. The molecular formula is C24H33N5O4S. The van der Waals surface area contributed by atoms with Gasteiger partial charge in [0.05, 0.1) is 17.9 Å². The predicted molar refractivity (Wildman–Crippen MR) is 132 cm³/mol. The third-order valence-corrected chi connectivity index (χ3v) is 7.19. The molecular weight excluding hydrogens is 454 g/mol. The Morgan fingerprint density at radius 3 is 2.65 bits per heavy atom. The van der Waals surface area contributed by atoms with E-state index in [2.05, 4.69) is 45.3 Å². The van der Waals surface area contributed by atoms with E-state index in [1.807, 2.05) is 13.8 Å². The Bertz CT molecular complexity index is 1060. The number of anilines is 2. The Hall–Kier alpha value is -2.69. The lowest BCUT2D eigenvalue weighted by Gasteiger charge is -2.33. The summed E-state index contributed by atoms with van der Waals surface area (Å²) in [6, 6.07) is 6.51. The summed E-state index contributed by atoms with van der Waals surface area (Å²) in [5, 5.41) is 11.4. The van der Waals surface area contributed by atoms with Gasteiger partial charge in [-0.2, -0.15) is 0 Å². The number of piperazine rings is 1. The van der Waals surface area contributed by atoms with Crippen LogP contribution in [0.5, 0.6) is 5.75 Å². The van der Waals surface area contributed by atoms with Gasteiger partial charge in [0.2, 0.25) is 0 Å². The Balaban J connectivity index is 0.000000636. The number of benzene rings is 1. The number of aromatic nitrogens is 1. The zero-order valence-corrected chi connectivity index (χ0v) is 21.1. The first-order chi connectivity index (χ1) is 16.1. The van der Waals surface area contributed by atoms with Gasteiger partial charge in [-0.15, -0.1) is 0 Å². The standard InChI is InChI=1S/C22H29N5O2S.C2H4O2/c1-22(2)13-16-19(20(28)24-22)30-21(23-16)27-10-11-29-18-12-15(4-5-17(18)27)14-26-8-6-25(3)7-9-26;1-2(3)4/h4-5,12H,6-11,13-14H2,1-3H3,(H,24,28);1H3,(H,3,4). The smallest absolute Gasteiger partial charge is 0.300 e. The van der Waals surface area contributed by atoms with Crippen molar-refractivity contribution in [2.24, 2.45) is 0 Å². The lowest BCUT2D eigenvalue weighted by molar-refractivity contribution is -0.134. The van der Waals surface area contributed by atoms with Gasteiger partial charge in [-0.05, 0) is 38.6 Å². The van der Waals surface area contributed by atoms with E-state index in [1.54, 1.807) is 0 Å². The summed E-state index contributed by atoms with van der Waals surface area (Å²) in [5.74, 6) is 0.0619. The van der Waals surface area contributed by atoms with Crippen molar-refractivity contribution < 1.29 is 19.4 Å². The molecule has 0 unspecified atom stereocenters. The number of aliphatic carboxylic acids is 1. The monoisotopic (exact) mass is 487 g/mol. The van der Waals surface area contributed by atoms with Crippen LogP contribution in [0.25, 0.3) is 0 Å². The summed E-state index contributed by atoms with van der Waals surface area (Å²) in [6.45, 7) is 11.9. The first kappa shape index (κ1) is 24.4. The average Bonchev–Trinajstić information content (AvgIpc) is 3.17. The number of nitrogens with zero attached hydrogens (tertiary/aromatic N) is 4. The number of nitrogens with one attached hydrogen (secondary N) is 1. The fraction of sp³-hybridized carbons (Fsp3) is 0.542. The van der Waals surface area contributed by atoms with Crippen LogP contribution in [-0.4, -0.2) is 83.7 Å². The van der Waals surface area contributed by atoms with E-state index in [1.165, 1.54) is 16.9 Å². The Kier molecular flexibility index (Phi) is 7.11. The van der Waals surface area contributed by atoms with Gasteiger partial charge in [-0.1, -0.05) is 17.4 Å². The van der Waals surface area contributed by atoms with E-state index in [-0.39, 0.29) is 11.4 Å². The van der Waals surface area contributed by atoms with Gasteiger partial charge in [0.15, 0.2) is 5.13 Å². The fourth-order valence-corrected chi connectivity index (χ4v) is 5.42. The lowest BCUT2D eigenvalue weighted by atomic mass is 9.94. The van der Waals surface area contributed by atoms with Gasteiger partial charge in [-0.3, -0.25) is 14.5 Å². The predicted octanol–water partition coefficient (Wildman–Crippen LogP) is 2.58. The normalized spacial score (nSPS) is 19.8. The second-order valence-corrected chi connectivity index (χ2v) is 10.7. The summed E-state index contributed by atoms with van der Waals surface area (Å²) in [5.41, 5.74) is 2.97. The molecule has 10 heteroatoms. The number of likely N-dealkylation sites (N-methyl/N-ethyl adjacent to an activating group) is 1. The molecule has 0 saturated carbocycles. The van der Waals surface area contributed by atoms with Gasteiger partial charge >= 0.3 is 0 Å². The van der Waals surface area contributed by atoms with E-state index >= 15 is 0 Å². The fourth-order valence-electron chi connectivity index (χ4n) is 4.40. The Morgan fingerprint density at radius 2 is 1.94 bits per heavy atom. The lowest BCUT2D eigenvalue weighted by Crippen LogP contribution is -2.48. The van der Waals surface area contributed by atoms with Gasteiger partial charge in [0.1, 0.15) is 17.2 Å². The molecule has 1 saturated heterocycles. The van der Waals surface area contributed by atoms with Crippen LogP contribution >= 0.6 is 11.3 Å². The summed E-state index contributed by atoms with van der Waals surface area (Å²) < 4.78 is 6.01. The molecule has 5 rings (SSSR count). The van der Waals surface area contributed by atoms with E-state index < -0.39 is 5.97 Å². The van der Waals surface area contributed by atoms with Crippen molar-refractivity contribution in [2.45, 2.75) is 39.3 Å². The molecule has 0 aliphatic carbocycles. The summed E-state index contributed by atoms with van der Waals surface area (Å²) >= 11 is 1.48. The van der Waals surface area contributed by atoms with Crippen LogP contribution in [-0.2, 0) is 17.8 Å². The molecule has 0 radical (unpaired) electrons. The van der Waals surface area contributed by atoms with Crippen molar-refractivity contribution in [3.05, 3.63) is 34.3 Å². The maximum Gasteiger partial charge on any atom is 0.300 e. The minimum atomic E-state index is -0.833. The quantitative estimate of drug-likeness (QED) is 0.682. The zero-order chi connectivity index (χ0) is 24.5. The van der Waals surface area contributed by atoms with E-state index in [0.717, 1.165) is 79.8 Å². The molecule has 1 aromatic carbocycles. The molecule has 0 spiro atoms. The number of ether oxygens (including phenoxy) is 1. The number of amides is 1. The molecule has 9 nitrogen and oxygen atoms in total. The van der Waals surface area contributed by atoms with Crippen LogP contribution in [0.1, 0.15) is 41.7 Å². The highest BCUT2D eigenvalue weighted by atomic mass is 32.1. The minimum absolute atomic E-state index is 0.0130. The molecule has 4 heterocycles. The van der Waals surface area contributed by atoms with Crippen molar-refractivity contribution in [3.63, 3.8) is 0 Å². The molecule has 2 aromatic rings. The molecule has 0 bridgehead atoms. The molecule has 1 amide bonds. The van der Waals surface area contributed by atoms with Gasteiger partial charge in [0.25, 0.3) is 11.9 Å². The molecule has 0 atom stereocenters. The topological polar surface area (TPSA) is 98.2 Å². The molecule has 2 N–H and O–H groups in total. The Labute approximate surface area is 204 Å². The van der Waals surface area contributed by atoms with Gasteiger partial charge in [-0.25, -0.2) is 4.98 Å². The van der Waals surface area contributed by atoms with Crippen molar-refractivity contribution in [1.82, 2.24) is 20.1 Å². The number of hydrogen-bond donors (Lipinski definition) is 2. The molecule has 3 aliphatic rings. The first-order valence-corrected chi connectivity index (χ1v) is 12.4. The molecule has 34 heavy (non-hydrogen) atoms. The highest BCUT2D eigenvalue weighted by molar-refractivity contribution is 7.17. The van der Waals surface area contributed by atoms with Crippen LogP contribution < -0.4 is 15.0 Å². The number of carbonyl (C=O) groups is 2. The summed E-state index contributed by atoms with van der Waals surface area (Å²) in [6.07, 6.45) is 0.756. The van der Waals surface area contributed by atoms with E-state index in [0.29, 0.717) is 6.61 Å². The molecule has 1 fully saturated rings. The third-order valence-electron chi connectivity index (χ3n) is 6.07. The highest BCUT2D eigenvalue weighted by Gasteiger charge is 2.34. The van der Waals surface area contributed by atoms with Crippen LogP contribution in [0.3, 0.4) is 0 Å². The number of carbonyl (C=O) groups excluding carboxylic acids is 1. The van der Waals surface area contributed by atoms with Crippen LogP contribution in [0, 0.1) is 0 Å². The maximum absolute atomic E-state index is 12.5. The maximum atomic E-state index is 12.5. The van der Waals surface area contributed by atoms with Crippen molar-refractivity contribution >= 4 is 34.0 Å². The van der Waals surface area contributed by atoms with E-state index in [9.17, 15) is 4.79 Å². The van der Waals surface area contributed by atoms with Crippen molar-refractivity contribution in [3.8, 4) is 5.75 Å². The second-order valence-electron chi connectivity index (χ2n) is 9.69. The number of carboxylic acid groups (broad SMARTS) is 1. The largest absolute Gasteiger partial charge is 0.490 e. The summed E-state index contributed by atoms with van der Waals surface area (Å²) in [4.78, 5) is 34.2. The first-order valence-electron chi connectivity index (χ1n) is 11.6. The number of thiazole rings is 1. The Morgan fingerprint density at radius 1 is 1.24 bits per heavy atom. The average molecular weight is 488 g/mol. The van der Waals surface area contributed by atoms with Gasteiger partial charge in [0, 0.05) is 51.6 Å². The zero-order valence-electron chi connectivity index (χ0n) is 20.3. The van der Waals surface area contributed by atoms with E-state index in [4.69, 9.17) is 19.6 Å². The minimum Gasteiger partial charge on any atom is -0.490 e. The number of rotatable bonds is 3. The third kappa shape index (κ3) is 5.68. The van der Waals surface area contributed by atoms with Crippen molar-refractivity contribution in [1.29, 1.82) is 0 Å². The van der Waals surface area contributed by atoms with Crippen LogP contribution in [0.4, 0.5) is 10.8 Å². The molecule has 184 valence electrons. The number of fused-ring (bicyclic) bond motifs is 2. The van der Waals surface area contributed by atoms with Crippen molar-refractivity contribution in [2.75, 3.05) is 51.3 Å². The van der Waals surface area contributed by atoms with Crippen LogP contribution in [0.2, 0.25) is 0 Å². The SMILES string of the molecule is CC(=O)O.CN1CCN(Cc2ccc3c(c2)OCCN3c2nc3c(s2)C(=O)NC(C)(C)C3)CC1. The molecule has 3 aliphatic heterocycles. The number of hydrogen-bond acceptors (Lipinski definition) is 8.